The summed E-state index contributed by atoms with van der Waals surface area (Å²) in [7, 11) is 3.82. The zero-order valence-corrected chi connectivity index (χ0v) is 11.8. The largest absolute Gasteiger partial charge is 0.376 e. The number of rotatable bonds is 4. The van der Waals surface area contributed by atoms with Gasteiger partial charge in [0, 0.05) is 14.1 Å². The standard InChI is InChI=1S/C13H13ClN4O2/c1-17(2)11-6-4-3-5-10(11)15-13-8-9(18(19)20)7-12(14)16-13/h3-8H,1-2H3,(H,15,16). The van der Waals surface area contributed by atoms with Gasteiger partial charge in [-0.3, -0.25) is 10.1 Å². The number of pyridine rings is 1. The van der Waals surface area contributed by atoms with Crippen LogP contribution in [0.5, 0.6) is 0 Å². The van der Waals surface area contributed by atoms with Crippen molar-refractivity contribution in [1.82, 2.24) is 4.98 Å². The van der Waals surface area contributed by atoms with Gasteiger partial charge in [-0.1, -0.05) is 23.7 Å². The Morgan fingerprint density at radius 3 is 2.65 bits per heavy atom. The molecule has 0 amide bonds. The van der Waals surface area contributed by atoms with E-state index in [-0.39, 0.29) is 10.8 Å². The fourth-order valence-electron chi connectivity index (χ4n) is 1.76. The molecule has 20 heavy (non-hydrogen) atoms. The maximum atomic E-state index is 10.8. The lowest BCUT2D eigenvalue weighted by molar-refractivity contribution is -0.384. The van der Waals surface area contributed by atoms with Crippen molar-refractivity contribution >= 4 is 34.5 Å². The first-order chi connectivity index (χ1) is 9.47. The number of para-hydroxylation sites is 2. The Bertz CT molecular complexity index is 646. The van der Waals surface area contributed by atoms with Crippen LogP contribution in [0.2, 0.25) is 5.15 Å². The van der Waals surface area contributed by atoms with Crippen molar-refractivity contribution in [2.75, 3.05) is 24.3 Å². The van der Waals surface area contributed by atoms with E-state index in [9.17, 15) is 10.1 Å². The molecule has 1 aromatic carbocycles. The summed E-state index contributed by atoms with van der Waals surface area (Å²) in [4.78, 5) is 16.3. The Morgan fingerprint density at radius 1 is 1.30 bits per heavy atom. The Hall–Kier alpha value is -2.34. The first kappa shape index (κ1) is 14.1. The van der Waals surface area contributed by atoms with Gasteiger partial charge in [0.1, 0.15) is 11.0 Å². The zero-order valence-electron chi connectivity index (χ0n) is 11.0. The summed E-state index contributed by atoms with van der Waals surface area (Å²) in [5.74, 6) is 0.332. The summed E-state index contributed by atoms with van der Waals surface area (Å²) in [6, 6.07) is 10.1. The van der Waals surface area contributed by atoms with E-state index < -0.39 is 4.92 Å². The van der Waals surface area contributed by atoms with E-state index in [1.807, 2.05) is 43.3 Å². The first-order valence-electron chi connectivity index (χ1n) is 5.83. The summed E-state index contributed by atoms with van der Waals surface area (Å²) >= 11 is 5.80. The highest BCUT2D eigenvalue weighted by atomic mass is 35.5. The minimum absolute atomic E-state index is 0.0732. The van der Waals surface area contributed by atoms with Gasteiger partial charge in [0.05, 0.1) is 28.4 Å². The maximum Gasteiger partial charge on any atom is 0.276 e. The average Bonchev–Trinajstić information content (AvgIpc) is 2.38. The number of nitro groups is 1. The van der Waals surface area contributed by atoms with Gasteiger partial charge in [0.25, 0.3) is 5.69 Å². The van der Waals surface area contributed by atoms with E-state index in [0.29, 0.717) is 5.82 Å². The fraction of sp³-hybridized carbons (Fsp3) is 0.154. The molecule has 2 aromatic rings. The third-order valence-corrected chi connectivity index (χ3v) is 2.83. The quantitative estimate of drug-likeness (QED) is 0.531. The van der Waals surface area contributed by atoms with Crippen molar-refractivity contribution in [1.29, 1.82) is 0 Å². The molecule has 0 aliphatic rings. The number of anilines is 3. The second kappa shape index (κ2) is 5.75. The second-order valence-corrected chi connectivity index (χ2v) is 4.71. The molecule has 1 heterocycles. The van der Waals surface area contributed by atoms with Gasteiger partial charge in [0.2, 0.25) is 0 Å². The summed E-state index contributed by atoms with van der Waals surface area (Å²) in [6.45, 7) is 0. The number of nitrogens with zero attached hydrogens (tertiary/aromatic N) is 3. The van der Waals surface area contributed by atoms with Crippen LogP contribution in [-0.4, -0.2) is 24.0 Å². The molecule has 0 radical (unpaired) electrons. The number of hydrogen-bond acceptors (Lipinski definition) is 5. The van der Waals surface area contributed by atoms with E-state index in [2.05, 4.69) is 10.3 Å². The van der Waals surface area contributed by atoms with E-state index in [0.717, 1.165) is 11.4 Å². The molecule has 0 spiro atoms. The van der Waals surface area contributed by atoms with Gasteiger partial charge in [-0.15, -0.1) is 0 Å². The molecule has 1 aromatic heterocycles. The molecule has 104 valence electrons. The van der Waals surface area contributed by atoms with Gasteiger partial charge >= 0.3 is 0 Å². The first-order valence-corrected chi connectivity index (χ1v) is 6.20. The normalized spacial score (nSPS) is 10.2. The Balaban J connectivity index is 2.37. The van der Waals surface area contributed by atoms with Crippen LogP contribution in [0.25, 0.3) is 0 Å². The predicted octanol–water partition coefficient (Wildman–Crippen LogP) is 3.45. The highest BCUT2D eigenvalue weighted by Gasteiger charge is 2.11. The molecule has 0 saturated carbocycles. The van der Waals surface area contributed by atoms with Gasteiger partial charge < -0.3 is 10.2 Å². The smallest absolute Gasteiger partial charge is 0.276 e. The monoisotopic (exact) mass is 292 g/mol. The van der Waals surface area contributed by atoms with Crippen LogP contribution in [0.1, 0.15) is 0 Å². The number of aromatic nitrogens is 1. The molecule has 0 fully saturated rings. The highest BCUT2D eigenvalue weighted by molar-refractivity contribution is 6.29. The Labute approximate surface area is 121 Å². The zero-order chi connectivity index (χ0) is 14.7. The molecule has 2 rings (SSSR count). The van der Waals surface area contributed by atoms with Crippen molar-refractivity contribution in [3.63, 3.8) is 0 Å². The lowest BCUT2D eigenvalue weighted by Crippen LogP contribution is -2.11. The van der Waals surface area contributed by atoms with Crippen LogP contribution in [0, 0.1) is 10.1 Å². The summed E-state index contributed by atoms with van der Waals surface area (Å²) in [5, 5.41) is 13.9. The van der Waals surface area contributed by atoms with Gasteiger partial charge in [-0.05, 0) is 12.1 Å². The number of benzene rings is 1. The van der Waals surface area contributed by atoms with E-state index in [1.165, 1.54) is 12.1 Å². The average molecular weight is 293 g/mol. The molecule has 0 bridgehead atoms. The number of hydrogen-bond donors (Lipinski definition) is 1. The fourth-order valence-corrected chi connectivity index (χ4v) is 1.96. The molecule has 0 atom stereocenters. The molecule has 0 aliphatic heterocycles. The van der Waals surface area contributed by atoms with Gasteiger partial charge in [-0.25, -0.2) is 4.98 Å². The SMILES string of the molecule is CN(C)c1ccccc1Nc1cc([N+](=O)[O-])cc(Cl)n1. The van der Waals surface area contributed by atoms with Crippen molar-refractivity contribution in [3.8, 4) is 0 Å². The molecular weight excluding hydrogens is 280 g/mol. The third-order valence-electron chi connectivity index (χ3n) is 2.64. The van der Waals surface area contributed by atoms with Crippen LogP contribution >= 0.6 is 11.6 Å². The van der Waals surface area contributed by atoms with Crippen LogP contribution in [0.4, 0.5) is 22.9 Å². The minimum Gasteiger partial charge on any atom is -0.376 e. The summed E-state index contributed by atoms with van der Waals surface area (Å²) in [6.07, 6.45) is 0. The molecular formula is C13H13ClN4O2. The van der Waals surface area contributed by atoms with Crippen molar-refractivity contribution in [2.45, 2.75) is 0 Å². The van der Waals surface area contributed by atoms with Crippen molar-refractivity contribution in [2.24, 2.45) is 0 Å². The summed E-state index contributed by atoms with van der Waals surface area (Å²) in [5.41, 5.74) is 1.63. The van der Waals surface area contributed by atoms with Crippen LogP contribution < -0.4 is 10.2 Å². The van der Waals surface area contributed by atoms with Crippen LogP contribution in [0.3, 0.4) is 0 Å². The predicted molar refractivity (Wildman–Crippen MR) is 80.0 cm³/mol. The molecule has 0 aliphatic carbocycles. The van der Waals surface area contributed by atoms with E-state index >= 15 is 0 Å². The molecule has 7 heteroatoms. The molecule has 0 saturated heterocycles. The molecule has 1 N–H and O–H groups in total. The van der Waals surface area contributed by atoms with E-state index in [4.69, 9.17) is 11.6 Å². The lowest BCUT2D eigenvalue weighted by Gasteiger charge is -2.18. The highest BCUT2D eigenvalue weighted by Crippen LogP contribution is 2.28. The van der Waals surface area contributed by atoms with Gasteiger partial charge in [-0.2, -0.15) is 0 Å². The Morgan fingerprint density at radius 2 is 2.00 bits per heavy atom. The molecule has 0 unspecified atom stereocenters. The third kappa shape index (κ3) is 3.16. The molecule has 6 nitrogen and oxygen atoms in total. The lowest BCUT2D eigenvalue weighted by atomic mass is 10.2. The number of halogens is 1. The number of nitrogens with one attached hydrogen (secondary N) is 1. The Kier molecular flexibility index (Phi) is 4.05. The van der Waals surface area contributed by atoms with E-state index in [1.54, 1.807) is 0 Å². The van der Waals surface area contributed by atoms with Crippen molar-refractivity contribution < 1.29 is 4.92 Å². The maximum absolute atomic E-state index is 10.8. The van der Waals surface area contributed by atoms with Crippen molar-refractivity contribution in [3.05, 3.63) is 51.7 Å². The topological polar surface area (TPSA) is 71.3 Å². The van der Waals surface area contributed by atoms with Crippen LogP contribution in [-0.2, 0) is 0 Å². The summed E-state index contributed by atoms with van der Waals surface area (Å²) < 4.78 is 0. The minimum atomic E-state index is -0.503. The van der Waals surface area contributed by atoms with Crippen LogP contribution in [0.15, 0.2) is 36.4 Å². The second-order valence-electron chi connectivity index (χ2n) is 4.33. The van der Waals surface area contributed by atoms with Gasteiger partial charge in [0.15, 0.2) is 0 Å².